The van der Waals surface area contributed by atoms with Gasteiger partial charge in [-0.1, -0.05) is 24.6 Å². The van der Waals surface area contributed by atoms with E-state index in [1.165, 1.54) is 4.88 Å². The number of thiazole rings is 1. The molecule has 1 aromatic heterocycles. The number of aromatic nitrogens is 1. The number of ether oxygens (including phenoxy) is 1. The standard InChI is InChI=1S/C17H23ClN4OS.HI/c1-3-15-12-22-16(24-15)7-8-20-17(19-2)21-9-10-23-14-6-4-5-13(18)11-14;/h4-6,11-12H,3,7-10H2,1-2H3,(H2,19,20,21);1H. The van der Waals surface area contributed by atoms with Crippen LogP contribution in [0.4, 0.5) is 0 Å². The highest BCUT2D eigenvalue weighted by atomic mass is 127. The summed E-state index contributed by atoms with van der Waals surface area (Å²) in [6.45, 7) is 4.13. The molecule has 2 aromatic rings. The van der Waals surface area contributed by atoms with Gasteiger partial charge in [-0.15, -0.1) is 35.3 Å². The Morgan fingerprint density at radius 1 is 1.32 bits per heavy atom. The molecule has 0 aliphatic rings. The fraction of sp³-hybridized carbons (Fsp3) is 0.412. The van der Waals surface area contributed by atoms with E-state index in [0.717, 1.165) is 36.1 Å². The fourth-order valence-corrected chi connectivity index (χ4v) is 3.07. The van der Waals surface area contributed by atoms with Crippen molar-refractivity contribution in [2.45, 2.75) is 19.8 Å². The predicted octanol–water partition coefficient (Wildman–Crippen LogP) is 3.76. The molecule has 8 heteroatoms. The van der Waals surface area contributed by atoms with Gasteiger partial charge in [0.25, 0.3) is 0 Å². The summed E-state index contributed by atoms with van der Waals surface area (Å²) in [7, 11) is 1.76. The van der Waals surface area contributed by atoms with Crippen molar-refractivity contribution >= 4 is 52.9 Å². The van der Waals surface area contributed by atoms with Crippen LogP contribution in [0.1, 0.15) is 16.8 Å². The van der Waals surface area contributed by atoms with Crippen LogP contribution in [0, 0.1) is 0 Å². The summed E-state index contributed by atoms with van der Waals surface area (Å²) in [5, 5.41) is 8.33. The summed E-state index contributed by atoms with van der Waals surface area (Å²) in [5.74, 6) is 1.53. The van der Waals surface area contributed by atoms with Crippen LogP contribution in [0.25, 0.3) is 0 Å². The van der Waals surface area contributed by atoms with Gasteiger partial charge in [-0.3, -0.25) is 4.99 Å². The zero-order valence-corrected chi connectivity index (χ0v) is 18.3. The van der Waals surface area contributed by atoms with E-state index in [1.54, 1.807) is 24.5 Å². The minimum atomic E-state index is 0. The number of aryl methyl sites for hydroxylation is 1. The predicted molar refractivity (Wildman–Crippen MR) is 117 cm³/mol. The molecule has 0 radical (unpaired) electrons. The lowest BCUT2D eigenvalue weighted by molar-refractivity contribution is 0.322. The molecule has 0 bridgehead atoms. The molecule has 5 nitrogen and oxygen atoms in total. The van der Waals surface area contributed by atoms with E-state index in [9.17, 15) is 0 Å². The molecule has 0 fully saturated rings. The van der Waals surface area contributed by atoms with Gasteiger partial charge in [-0.05, 0) is 24.6 Å². The summed E-state index contributed by atoms with van der Waals surface area (Å²) in [6.07, 6.45) is 3.89. The summed E-state index contributed by atoms with van der Waals surface area (Å²) in [6, 6.07) is 7.38. The topological polar surface area (TPSA) is 58.5 Å². The summed E-state index contributed by atoms with van der Waals surface area (Å²) in [5.41, 5.74) is 0. The first kappa shape index (κ1) is 22.0. The number of nitrogens with zero attached hydrogens (tertiary/aromatic N) is 2. The van der Waals surface area contributed by atoms with Crippen molar-refractivity contribution in [2.75, 3.05) is 26.7 Å². The van der Waals surface area contributed by atoms with Crippen LogP contribution >= 0.6 is 46.9 Å². The van der Waals surface area contributed by atoms with E-state index in [4.69, 9.17) is 16.3 Å². The molecule has 0 saturated carbocycles. The molecule has 1 aromatic carbocycles. The third-order valence-electron chi connectivity index (χ3n) is 3.26. The van der Waals surface area contributed by atoms with Gasteiger partial charge >= 0.3 is 0 Å². The molecule has 0 spiro atoms. The minimum absolute atomic E-state index is 0. The van der Waals surface area contributed by atoms with E-state index in [2.05, 4.69) is 27.5 Å². The Kier molecular flexibility index (Phi) is 10.8. The summed E-state index contributed by atoms with van der Waals surface area (Å²) >= 11 is 7.69. The first-order valence-electron chi connectivity index (χ1n) is 7.97. The third kappa shape index (κ3) is 8.24. The van der Waals surface area contributed by atoms with E-state index >= 15 is 0 Å². The highest BCUT2D eigenvalue weighted by molar-refractivity contribution is 14.0. The van der Waals surface area contributed by atoms with Crippen molar-refractivity contribution in [3.63, 3.8) is 0 Å². The second kappa shape index (κ2) is 12.3. The van der Waals surface area contributed by atoms with Crippen molar-refractivity contribution in [2.24, 2.45) is 4.99 Å². The fourth-order valence-electron chi connectivity index (χ4n) is 2.03. The molecule has 0 aliphatic carbocycles. The van der Waals surface area contributed by atoms with E-state index in [-0.39, 0.29) is 24.0 Å². The number of nitrogens with one attached hydrogen (secondary N) is 2. The quantitative estimate of drug-likeness (QED) is 0.254. The van der Waals surface area contributed by atoms with Crippen LogP contribution in [-0.2, 0) is 12.8 Å². The molecule has 0 atom stereocenters. The Labute approximate surface area is 175 Å². The maximum absolute atomic E-state index is 5.92. The Morgan fingerprint density at radius 2 is 2.12 bits per heavy atom. The number of guanidine groups is 1. The molecule has 1 heterocycles. The van der Waals surface area contributed by atoms with Crippen LogP contribution in [-0.4, -0.2) is 37.7 Å². The van der Waals surface area contributed by atoms with E-state index in [0.29, 0.717) is 18.2 Å². The molecule has 25 heavy (non-hydrogen) atoms. The van der Waals surface area contributed by atoms with Crippen molar-refractivity contribution in [1.29, 1.82) is 0 Å². The molecular formula is C17H24ClIN4OS. The first-order valence-corrected chi connectivity index (χ1v) is 9.17. The molecule has 138 valence electrons. The van der Waals surface area contributed by atoms with Crippen molar-refractivity contribution in [3.05, 3.63) is 45.4 Å². The minimum Gasteiger partial charge on any atom is -0.492 e. The van der Waals surface area contributed by atoms with Crippen LogP contribution in [0.15, 0.2) is 35.5 Å². The molecule has 0 aliphatic heterocycles. The highest BCUT2D eigenvalue weighted by Gasteiger charge is 2.02. The van der Waals surface area contributed by atoms with Gasteiger partial charge < -0.3 is 15.4 Å². The smallest absolute Gasteiger partial charge is 0.191 e. The molecule has 2 rings (SSSR count). The lowest BCUT2D eigenvalue weighted by atomic mass is 10.3. The Hall–Kier alpha value is -1.06. The average molecular weight is 495 g/mol. The van der Waals surface area contributed by atoms with Crippen LogP contribution in [0.5, 0.6) is 5.75 Å². The van der Waals surface area contributed by atoms with Gasteiger partial charge in [-0.25, -0.2) is 4.98 Å². The van der Waals surface area contributed by atoms with Gasteiger partial charge in [0.2, 0.25) is 0 Å². The summed E-state index contributed by atoms with van der Waals surface area (Å²) in [4.78, 5) is 9.94. The maximum Gasteiger partial charge on any atom is 0.191 e. The van der Waals surface area contributed by atoms with Gasteiger partial charge in [0.05, 0.1) is 11.6 Å². The summed E-state index contributed by atoms with van der Waals surface area (Å²) < 4.78 is 5.63. The number of rotatable bonds is 8. The molecule has 0 saturated heterocycles. The lowest BCUT2D eigenvalue weighted by Gasteiger charge is -2.12. The molecular weight excluding hydrogens is 471 g/mol. The molecule has 2 N–H and O–H groups in total. The zero-order valence-electron chi connectivity index (χ0n) is 14.4. The SMILES string of the molecule is CCc1cnc(CCNC(=NC)NCCOc2cccc(Cl)c2)s1.I. The maximum atomic E-state index is 5.92. The Balaban J connectivity index is 0.00000312. The van der Waals surface area contributed by atoms with Crippen molar-refractivity contribution < 1.29 is 4.74 Å². The molecule has 0 amide bonds. The number of hydrogen-bond donors (Lipinski definition) is 2. The van der Waals surface area contributed by atoms with Crippen molar-refractivity contribution in [1.82, 2.24) is 15.6 Å². The van der Waals surface area contributed by atoms with Crippen LogP contribution in [0.3, 0.4) is 0 Å². The second-order valence-corrected chi connectivity index (χ2v) is 6.69. The Bertz CT molecular complexity index is 666. The van der Waals surface area contributed by atoms with Gasteiger partial charge in [0.1, 0.15) is 12.4 Å². The zero-order chi connectivity index (χ0) is 17.2. The Morgan fingerprint density at radius 3 is 2.80 bits per heavy atom. The third-order valence-corrected chi connectivity index (χ3v) is 4.70. The molecule has 0 unspecified atom stereocenters. The van der Waals surface area contributed by atoms with E-state index in [1.807, 2.05) is 24.4 Å². The number of hydrogen-bond acceptors (Lipinski definition) is 4. The monoisotopic (exact) mass is 494 g/mol. The second-order valence-electron chi connectivity index (χ2n) is 5.06. The van der Waals surface area contributed by atoms with Crippen LogP contribution in [0.2, 0.25) is 5.02 Å². The average Bonchev–Trinajstić information content (AvgIpc) is 3.05. The largest absolute Gasteiger partial charge is 0.492 e. The number of halogens is 2. The normalized spacial score (nSPS) is 10.9. The van der Waals surface area contributed by atoms with Crippen LogP contribution < -0.4 is 15.4 Å². The highest BCUT2D eigenvalue weighted by Crippen LogP contribution is 2.16. The first-order chi connectivity index (χ1) is 11.7. The number of aliphatic imine (C=N–C) groups is 1. The van der Waals surface area contributed by atoms with Crippen molar-refractivity contribution in [3.8, 4) is 5.75 Å². The van der Waals surface area contributed by atoms with Gasteiger partial charge in [0.15, 0.2) is 5.96 Å². The van der Waals surface area contributed by atoms with Gasteiger partial charge in [0, 0.05) is 36.1 Å². The lowest BCUT2D eigenvalue weighted by Crippen LogP contribution is -2.40. The van der Waals surface area contributed by atoms with E-state index < -0.39 is 0 Å². The number of benzene rings is 1. The van der Waals surface area contributed by atoms with Gasteiger partial charge in [-0.2, -0.15) is 0 Å².